The fourth-order valence-corrected chi connectivity index (χ4v) is 2.30. The summed E-state index contributed by atoms with van der Waals surface area (Å²) in [6.45, 7) is 4.15. The summed E-state index contributed by atoms with van der Waals surface area (Å²) in [5.41, 5.74) is 1.60. The molecule has 0 aliphatic heterocycles. The molecule has 26 heavy (non-hydrogen) atoms. The molecule has 0 aliphatic carbocycles. The van der Waals surface area contributed by atoms with Gasteiger partial charge in [-0.15, -0.1) is 0 Å². The molecule has 0 N–H and O–H groups in total. The van der Waals surface area contributed by atoms with E-state index < -0.39 is 0 Å². The van der Waals surface area contributed by atoms with Gasteiger partial charge >= 0.3 is 6.01 Å². The van der Waals surface area contributed by atoms with Gasteiger partial charge < -0.3 is 4.74 Å². The Morgan fingerprint density at radius 2 is 1.96 bits per heavy atom. The van der Waals surface area contributed by atoms with Crippen LogP contribution in [0.3, 0.4) is 0 Å². The minimum atomic E-state index is -0.350. The molecule has 7 heteroatoms. The highest BCUT2D eigenvalue weighted by molar-refractivity contribution is 5.55. The monoisotopic (exact) mass is 354 g/mol. The number of hydrogen-bond acceptors (Lipinski definition) is 5. The van der Waals surface area contributed by atoms with Crippen molar-refractivity contribution < 1.29 is 9.13 Å². The van der Waals surface area contributed by atoms with Gasteiger partial charge in [0.25, 0.3) is 5.56 Å². The first-order chi connectivity index (χ1) is 12.5. The minimum Gasteiger partial charge on any atom is -0.460 e. The van der Waals surface area contributed by atoms with Gasteiger partial charge in [0.05, 0.1) is 18.3 Å². The van der Waals surface area contributed by atoms with Crippen molar-refractivity contribution in [2.24, 2.45) is 0 Å². The van der Waals surface area contributed by atoms with Crippen LogP contribution in [-0.2, 0) is 6.54 Å². The van der Waals surface area contributed by atoms with Gasteiger partial charge in [0.15, 0.2) is 0 Å². The van der Waals surface area contributed by atoms with E-state index >= 15 is 0 Å². The fourth-order valence-electron chi connectivity index (χ4n) is 2.30. The van der Waals surface area contributed by atoms with Gasteiger partial charge in [-0.25, -0.2) is 19.0 Å². The van der Waals surface area contributed by atoms with E-state index in [4.69, 9.17) is 4.74 Å². The molecule has 0 bridgehead atoms. The van der Waals surface area contributed by atoms with Crippen molar-refractivity contribution >= 4 is 0 Å². The Morgan fingerprint density at radius 1 is 1.19 bits per heavy atom. The van der Waals surface area contributed by atoms with Crippen molar-refractivity contribution in [2.45, 2.75) is 32.9 Å². The van der Waals surface area contributed by atoms with Crippen LogP contribution >= 0.6 is 0 Å². The van der Waals surface area contributed by atoms with Crippen LogP contribution in [0.25, 0.3) is 11.3 Å². The van der Waals surface area contributed by atoms with E-state index in [0.717, 1.165) is 6.42 Å². The molecule has 6 nitrogen and oxygen atoms in total. The number of ether oxygens (including phenoxy) is 1. The molecule has 3 aromatic rings. The molecular weight excluding hydrogens is 335 g/mol. The second-order valence-electron chi connectivity index (χ2n) is 5.94. The average Bonchev–Trinajstić information content (AvgIpc) is 2.64. The normalized spacial score (nSPS) is 12.0. The summed E-state index contributed by atoms with van der Waals surface area (Å²) in [4.78, 5) is 20.4. The molecule has 0 amide bonds. The standard InChI is InChI=1S/C19H19FN4O2/c1-3-13(2)26-19-21-10-15(11-22-19)17-7-8-18(25)24(23-17)12-14-5-4-6-16(20)9-14/h4-11,13H,3,12H2,1-2H3/t13-/m1/s1. The van der Waals surface area contributed by atoms with Crippen LogP contribution in [-0.4, -0.2) is 25.9 Å². The van der Waals surface area contributed by atoms with E-state index in [1.807, 2.05) is 13.8 Å². The number of rotatable bonds is 6. The zero-order valence-corrected chi connectivity index (χ0v) is 14.6. The summed E-state index contributed by atoms with van der Waals surface area (Å²) >= 11 is 0. The highest BCUT2D eigenvalue weighted by Crippen LogP contribution is 2.16. The number of hydrogen-bond donors (Lipinski definition) is 0. The smallest absolute Gasteiger partial charge is 0.316 e. The van der Waals surface area contributed by atoms with Crippen molar-refractivity contribution in [3.63, 3.8) is 0 Å². The summed E-state index contributed by atoms with van der Waals surface area (Å²) < 4.78 is 20.2. The molecule has 2 aromatic heterocycles. The summed E-state index contributed by atoms with van der Waals surface area (Å²) in [6, 6.07) is 9.42. The van der Waals surface area contributed by atoms with E-state index in [-0.39, 0.29) is 24.0 Å². The van der Waals surface area contributed by atoms with Crippen LogP contribution < -0.4 is 10.3 Å². The van der Waals surface area contributed by atoms with Crippen molar-refractivity contribution in [2.75, 3.05) is 0 Å². The molecule has 3 rings (SSSR count). The van der Waals surface area contributed by atoms with Gasteiger partial charge in [-0.05, 0) is 37.1 Å². The largest absolute Gasteiger partial charge is 0.460 e. The molecule has 0 spiro atoms. The zero-order valence-electron chi connectivity index (χ0n) is 14.6. The quantitative estimate of drug-likeness (QED) is 0.680. The lowest BCUT2D eigenvalue weighted by molar-refractivity contribution is 0.199. The lowest BCUT2D eigenvalue weighted by Gasteiger charge is -2.10. The highest BCUT2D eigenvalue weighted by Gasteiger charge is 2.08. The molecule has 0 fully saturated rings. The predicted molar refractivity (Wildman–Crippen MR) is 95.4 cm³/mol. The van der Waals surface area contributed by atoms with Crippen molar-refractivity contribution in [1.82, 2.24) is 19.7 Å². The van der Waals surface area contributed by atoms with E-state index in [1.165, 1.54) is 22.9 Å². The SMILES string of the molecule is CC[C@@H](C)Oc1ncc(-c2ccc(=O)n(Cc3cccc(F)c3)n2)cn1. The maximum Gasteiger partial charge on any atom is 0.316 e. The van der Waals surface area contributed by atoms with E-state index in [0.29, 0.717) is 22.8 Å². The molecule has 0 unspecified atom stereocenters. The Labute approximate surface area is 150 Å². The van der Waals surface area contributed by atoms with Gasteiger partial charge in [0.1, 0.15) is 5.82 Å². The second kappa shape index (κ2) is 7.86. The van der Waals surface area contributed by atoms with Crippen LogP contribution in [0.4, 0.5) is 4.39 Å². The Hall–Kier alpha value is -3.09. The highest BCUT2D eigenvalue weighted by atomic mass is 19.1. The number of aromatic nitrogens is 4. The number of nitrogens with zero attached hydrogens (tertiary/aromatic N) is 4. The minimum absolute atomic E-state index is 0.0344. The van der Waals surface area contributed by atoms with Crippen LogP contribution in [0.2, 0.25) is 0 Å². The summed E-state index contributed by atoms with van der Waals surface area (Å²) in [6.07, 6.45) is 4.10. The van der Waals surface area contributed by atoms with Crippen molar-refractivity contribution in [1.29, 1.82) is 0 Å². The Morgan fingerprint density at radius 3 is 2.65 bits per heavy atom. The van der Waals surface area contributed by atoms with E-state index in [9.17, 15) is 9.18 Å². The van der Waals surface area contributed by atoms with Crippen molar-refractivity contribution in [3.8, 4) is 17.3 Å². The summed E-state index contributed by atoms with van der Waals surface area (Å²) in [5.74, 6) is -0.350. The molecule has 2 heterocycles. The third-order valence-electron chi connectivity index (χ3n) is 3.89. The van der Waals surface area contributed by atoms with Gasteiger partial charge in [-0.3, -0.25) is 4.79 Å². The van der Waals surface area contributed by atoms with Crippen LogP contribution in [0.5, 0.6) is 6.01 Å². The molecule has 0 aliphatic rings. The van der Waals surface area contributed by atoms with Crippen LogP contribution in [0.1, 0.15) is 25.8 Å². The molecule has 134 valence electrons. The van der Waals surface area contributed by atoms with E-state index in [2.05, 4.69) is 15.1 Å². The Bertz CT molecular complexity index is 941. The Kier molecular flexibility index (Phi) is 5.36. The lowest BCUT2D eigenvalue weighted by atomic mass is 10.2. The first-order valence-electron chi connectivity index (χ1n) is 8.37. The number of benzene rings is 1. The molecule has 0 saturated heterocycles. The van der Waals surface area contributed by atoms with Crippen molar-refractivity contribution in [3.05, 3.63) is 70.5 Å². The van der Waals surface area contributed by atoms with Crippen LogP contribution in [0.15, 0.2) is 53.6 Å². The maximum absolute atomic E-state index is 13.3. The average molecular weight is 354 g/mol. The zero-order chi connectivity index (χ0) is 18.5. The second-order valence-corrected chi connectivity index (χ2v) is 5.94. The summed E-state index contributed by atoms with van der Waals surface area (Å²) in [7, 11) is 0. The first kappa shape index (κ1) is 17.7. The third-order valence-corrected chi connectivity index (χ3v) is 3.89. The molecule has 1 aromatic carbocycles. The topological polar surface area (TPSA) is 69.9 Å². The third kappa shape index (κ3) is 4.30. The van der Waals surface area contributed by atoms with E-state index in [1.54, 1.807) is 30.6 Å². The van der Waals surface area contributed by atoms with Gasteiger partial charge in [0, 0.05) is 24.0 Å². The van der Waals surface area contributed by atoms with Gasteiger partial charge in [-0.2, -0.15) is 5.10 Å². The first-order valence-corrected chi connectivity index (χ1v) is 8.37. The predicted octanol–water partition coefficient (Wildman–Crippen LogP) is 3.07. The summed E-state index contributed by atoms with van der Waals surface area (Å²) in [5, 5.41) is 4.34. The Balaban J connectivity index is 1.84. The van der Waals surface area contributed by atoms with Gasteiger partial charge in [-0.1, -0.05) is 19.1 Å². The van der Waals surface area contributed by atoms with Gasteiger partial charge in [0.2, 0.25) is 0 Å². The fraction of sp³-hybridized carbons (Fsp3) is 0.263. The molecular formula is C19H19FN4O2. The molecule has 0 radical (unpaired) electrons. The van der Waals surface area contributed by atoms with Crippen LogP contribution in [0, 0.1) is 5.82 Å². The molecule has 1 atom stereocenters. The number of halogens is 1. The lowest BCUT2D eigenvalue weighted by Crippen LogP contribution is -2.22. The molecule has 0 saturated carbocycles. The maximum atomic E-state index is 13.3.